The molecular weight excluding hydrogens is 308 g/mol. The zero-order chi connectivity index (χ0) is 18.4. The topological polar surface area (TPSA) is 92.3 Å². The Kier molecular flexibility index (Phi) is 17.4. The molecule has 0 aliphatic carbocycles. The van der Waals surface area contributed by atoms with Gasteiger partial charge in [-0.3, -0.25) is 19.2 Å². The highest BCUT2D eigenvalue weighted by atomic mass is 16.2. The second-order valence-electron chi connectivity index (χ2n) is 5.41. The summed E-state index contributed by atoms with van der Waals surface area (Å²) in [5, 5.41) is 4.96. The van der Waals surface area contributed by atoms with Gasteiger partial charge in [0.1, 0.15) is 5.78 Å². The Morgan fingerprint density at radius 1 is 0.875 bits per heavy atom. The highest BCUT2D eigenvalue weighted by molar-refractivity contribution is 5.92. The highest BCUT2D eigenvalue weighted by Gasteiger charge is 2.08. The molecule has 0 heterocycles. The van der Waals surface area contributed by atoms with Crippen molar-refractivity contribution in [1.82, 2.24) is 10.6 Å². The number of carbonyl (C=O) groups excluding carboxylic acids is 4. The van der Waals surface area contributed by atoms with E-state index >= 15 is 0 Å². The van der Waals surface area contributed by atoms with Gasteiger partial charge in [-0.05, 0) is 12.2 Å². The molecule has 2 amide bonds. The van der Waals surface area contributed by atoms with E-state index in [4.69, 9.17) is 0 Å². The molecule has 0 aromatic rings. The molecule has 0 bridgehead atoms. The number of carbonyl (C=O) groups is 4. The zero-order valence-corrected chi connectivity index (χ0v) is 14.5. The van der Waals surface area contributed by atoms with E-state index < -0.39 is 0 Å². The molecule has 2 N–H and O–H groups in total. The number of allylic oxidation sites excluding steroid dienone is 1. The van der Waals surface area contributed by atoms with E-state index in [0.717, 1.165) is 6.08 Å². The minimum absolute atomic E-state index is 0. The Bertz CT molecular complexity index is 440. The van der Waals surface area contributed by atoms with Crippen molar-refractivity contribution < 1.29 is 19.2 Å². The van der Waals surface area contributed by atoms with Crippen molar-refractivity contribution in [2.75, 3.05) is 6.67 Å². The highest BCUT2D eigenvalue weighted by Crippen LogP contribution is 2.02. The standard InChI is InChI=1S/C9H14O2.C8H14N2O2.CH4/c1-4-8(10)5-6-9(11)7(2)3;1-4-7(11)9-5-10-8(12)6(2)3;/h4,7H,1,5-6H2,2-3H3;4,6H,1,5H2,2-3H3,(H,9,11)(H,10,12);1H4. The fraction of sp³-hybridized carbons (Fsp3) is 0.556. The minimum Gasteiger partial charge on any atom is -0.338 e. The molecule has 0 saturated heterocycles. The van der Waals surface area contributed by atoms with Gasteiger partial charge < -0.3 is 10.6 Å². The fourth-order valence-electron chi connectivity index (χ4n) is 1.13. The number of hydrogen-bond acceptors (Lipinski definition) is 4. The zero-order valence-electron chi connectivity index (χ0n) is 14.5. The first kappa shape index (κ1) is 26.6. The quantitative estimate of drug-likeness (QED) is 0.498. The number of Topliss-reactive ketones (excluding diaryl/α,β-unsaturated/α-hetero) is 1. The van der Waals surface area contributed by atoms with Gasteiger partial charge >= 0.3 is 0 Å². The Morgan fingerprint density at radius 3 is 1.79 bits per heavy atom. The van der Waals surface area contributed by atoms with Crippen LogP contribution in [0, 0.1) is 11.8 Å². The van der Waals surface area contributed by atoms with Gasteiger partial charge in [-0.1, -0.05) is 48.3 Å². The summed E-state index contributed by atoms with van der Waals surface area (Å²) in [6, 6.07) is 0. The van der Waals surface area contributed by atoms with Crippen LogP contribution in [0.1, 0.15) is 48.0 Å². The lowest BCUT2D eigenvalue weighted by Gasteiger charge is -2.07. The summed E-state index contributed by atoms with van der Waals surface area (Å²) in [4.78, 5) is 43.2. The predicted octanol–water partition coefficient (Wildman–Crippen LogP) is 2.40. The SMILES string of the molecule is C.C=CC(=O)CCC(=O)C(C)C.C=CC(=O)NCNC(=O)C(C)C. The molecule has 0 aromatic carbocycles. The van der Waals surface area contributed by atoms with Gasteiger partial charge in [0.15, 0.2) is 5.78 Å². The summed E-state index contributed by atoms with van der Waals surface area (Å²) in [5.41, 5.74) is 0. The van der Waals surface area contributed by atoms with Gasteiger partial charge in [0.25, 0.3) is 0 Å². The number of ketones is 2. The number of rotatable bonds is 9. The lowest BCUT2D eigenvalue weighted by atomic mass is 10.0. The van der Waals surface area contributed by atoms with Crippen LogP contribution in [0.5, 0.6) is 0 Å². The Balaban J connectivity index is -0.000000354. The van der Waals surface area contributed by atoms with Crippen molar-refractivity contribution in [2.24, 2.45) is 11.8 Å². The Morgan fingerprint density at radius 2 is 1.42 bits per heavy atom. The Hall–Kier alpha value is -2.24. The van der Waals surface area contributed by atoms with Gasteiger partial charge in [-0.2, -0.15) is 0 Å². The van der Waals surface area contributed by atoms with Crippen LogP contribution in [-0.4, -0.2) is 30.0 Å². The molecule has 0 spiro atoms. The molecule has 0 atom stereocenters. The molecule has 138 valence electrons. The van der Waals surface area contributed by atoms with Gasteiger partial charge in [0.05, 0.1) is 6.67 Å². The molecule has 0 rings (SSSR count). The largest absolute Gasteiger partial charge is 0.338 e. The van der Waals surface area contributed by atoms with E-state index in [1.165, 1.54) is 6.08 Å². The van der Waals surface area contributed by atoms with E-state index in [9.17, 15) is 19.2 Å². The van der Waals surface area contributed by atoms with Crippen LogP contribution in [-0.2, 0) is 19.2 Å². The van der Waals surface area contributed by atoms with Crippen molar-refractivity contribution in [1.29, 1.82) is 0 Å². The molecule has 0 aliphatic rings. The average Bonchev–Trinajstić information content (AvgIpc) is 2.51. The van der Waals surface area contributed by atoms with Crippen LogP contribution in [0.4, 0.5) is 0 Å². The van der Waals surface area contributed by atoms with Crippen molar-refractivity contribution in [3.8, 4) is 0 Å². The summed E-state index contributed by atoms with van der Waals surface area (Å²) in [6.07, 6.45) is 3.07. The maximum absolute atomic E-state index is 11.0. The third-order valence-corrected chi connectivity index (χ3v) is 2.72. The lowest BCUT2D eigenvalue weighted by Crippen LogP contribution is -2.38. The van der Waals surface area contributed by atoms with Crippen LogP contribution >= 0.6 is 0 Å². The third-order valence-electron chi connectivity index (χ3n) is 2.72. The van der Waals surface area contributed by atoms with E-state index in [1.54, 1.807) is 13.8 Å². The molecule has 0 radical (unpaired) electrons. The van der Waals surface area contributed by atoms with Crippen LogP contribution < -0.4 is 10.6 Å². The smallest absolute Gasteiger partial charge is 0.244 e. The lowest BCUT2D eigenvalue weighted by molar-refractivity contribution is -0.124. The molecule has 0 saturated carbocycles. The normalized spacial score (nSPS) is 9.08. The fourth-order valence-corrected chi connectivity index (χ4v) is 1.13. The summed E-state index contributed by atoms with van der Waals surface area (Å²) in [5.74, 6) is -0.323. The van der Waals surface area contributed by atoms with Crippen LogP contribution in [0.3, 0.4) is 0 Å². The first-order chi connectivity index (χ1) is 10.6. The monoisotopic (exact) mass is 340 g/mol. The van der Waals surface area contributed by atoms with Crippen molar-refractivity contribution >= 4 is 23.4 Å². The average molecular weight is 340 g/mol. The number of amides is 2. The second-order valence-corrected chi connectivity index (χ2v) is 5.41. The third kappa shape index (κ3) is 16.1. The summed E-state index contributed by atoms with van der Waals surface area (Å²) in [6.45, 7) is 14.0. The van der Waals surface area contributed by atoms with Crippen molar-refractivity contribution in [3.63, 3.8) is 0 Å². The first-order valence-electron chi connectivity index (χ1n) is 7.51. The summed E-state index contributed by atoms with van der Waals surface area (Å²) in [7, 11) is 0. The minimum atomic E-state index is -0.293. The van der Waals surface area contributed by atoms with Crippen LogP contribution in [0.2, 0.25) is 0 Å². The molecule has 24 heavy (non-hydrogen) atoms. The van der Waals surface area contributed by atoms with Gasteiger partial charge in [-0.15, -0.1) is 0 Å². The Labute approximate surface area is 145 Å². The van der Waals surface area contributed by atoms with E-state index in [2.05, 4.69) is 23.8 Å². The number of hydrogen-bond donors (Lipinski definition) is 2. The molecule has 6 heteroatoms. The summed E-state index contributed by atoms with van der Waals surface area (Å²) < 4.78 is 0. The molecule has 0 aliphatic heterocycles. The van der Waals surface area contributed by atoms with Crippen molar-refractivity contribution in [2.45, 2.75) is 48.0 Å². The molecule has 0 unspecified atom stereocenters. The first-order valence-corrected chi connectivity index (χ1v) is 7.51. The van der Waals surface area contributed by atoms with Gasteiger partial charge in [-0.25, -0.2) is 0 Å². The molecular formula is C18H32N2O4. The maximum atomic E-state index is 11.0. The maximum Gasteiger partial charge on any atom is 0.244 e. The van der Waals surface area contributed by atoms with E-state index in [-0.39, 0.29) is 49.3 Å². The van der Waals surface area contributed by atoms with E-state index in [1.807, 2.05) is 13.8 Å². The molecule has 6 nitrogen and oxygen atoms in total. The molecule has 0 aromatic heterocycles. The van der Waals surface area contributed by atoms with Crippen LogP contribution in [0.25, 0.3) is 0 Å². The van der Waals surface area contributed by atoms with Gasteiger partial charge in [0, 0.05) is 24.7 Å². The predicted molar refractivity (Wildman–Crippen MR) is 97.2 cm³/mol. The van der Waals surface area contributed by atoms with Gasteiger partial charge in [0.2, 0.25) is 11.8 Å². The van der Waals surface area contributed by atoms with E-state index in [0.29, 0.717) is 12.8 Å². The van der Waals surface area contributed by atoms with Crippen LogP contribution in [0.15, 0.2) is 25.3 Å². The number of nitrogens with one attached hydrogen (secondary N) is 2. The molecule has 0 fully saturated rings. The summed E-state index contributed by atoms with van der Waals surface area (Å²) >= 11 is 0. The second kappa shape index (κ2) is 15.6. The van der Waals surface area contributed by atoms with Crippen molar-refractivity contribution in [3.05, 3.63) is 25.3 Å².